The molecule has 0 heterocycles. The molecular formula is C10H10F4O. The van der Waals surface area contributed by atoms with Gasteiger partial charge in [0.25, 0.3) is 0 Å². The molecule has 15 heavy (non-hydrogen) atoms. The number of rotatable bonds is 3. The standard InChI is InChI=1S/C10H10F4O/c1-7-2-3-8(11)9(6-7)15-5-4-10(12,13)14/h2-3,6H,4-5H2,1H3. The Balaban J connectivity index is 2.54. The Hall–Kier alpha value is -1.26. The lowest BCUT2D eigenvalue weighted by molar-refractivity contribution is -0.139. The van der Waals surface area contributed by atoms with Crippen molar-refractivity contribution < 1.29 is 22.3 Å². The Morgan fingerprint density at radius 1 is 1.27 bits per heavy atom. The van der Waals surface area contributed by atoms with Crippen LogP contribution in [0.3, 0.4) is 0 Å². The molecule has 0 fully saturated rings. The number of halogens is 4. The van der Waals surface area contributed by atoms with Crippen molar-refractivity contribution in [1.29, 1.82) is 0 Å². The van der Waals surface area contributed by atoms with Gasteiger partial charge in [-0.05, 0) is 24.6 Å². The van der Waals surface area contributed by atoms with Gasteiger partial charge in [-0.2, -0.15) is 13.2 Å². The Bertz CT molecular complexity index is 333. The van der Waals surface area contributed by atoms with Gasteiger partial charge in [-0.1, -0.05) is 6.07 Å². The molecule has 0 aromatic heterocycles. The van der Waals surface area contributed by atoms with E-state index in [4.69, 9.17) is 4.74 Å². The molecule has 0 atom stereocenters. The molecule has 0 spiro atoms. The highest BCUT2D eigenvalue weighted by atomic mass is 19.4. The van der Waals surface area contributed by atoms with Crippen LogP contribution < -0.4 is 4.74 Å². The van der Waals surface area contributed by atoms with E-state index in [1.165, 1.54) is 12.1 Å². The van der Waals surface area contributed by atoms with Crippen molar-refractivity contribution in [3.05, 3.63) is 29.6 Å². The number of aryl methyl sites for hydroxylation is 1. The number of ether oxygens (including phenoxy) is 1. The summed E-state index contributed by atoms with van der Waals surface area (Å²) in [5.74, 6) is -0.790. The van der Waals surface area contributed by atoms with Crippen LogP contribution in [0.1, 0.15) is 12.0 Å². The summed E-state index contributed by atoms with van der Waals surface area (Å²) in [5.41, 5.74) is 0.735. The third-order valence-corrected chi connectivity index (χ3v) is 1.73. The maximum atomic E-state index is 13.0. The normalized spacial score (nSPS) is 11.5. The molecule has 0 bridgehead atoms. The van der Waals surface area contributed by atoms with E-state index < -0.39 is 25.0 Å². The van der Waals surface area contributed by atoms with Crippen LogP contribution in [-0.2, 0) is 0 Å². The molecule has 1 rings (SSSR count). The number of hydrogen-bond acceptors (Lipinski definition) is 1. The predicted octanol–water partition coefficient (Wildman–Crippen LogP) is 3.47. The molecule has 1 aromatic rings. The van der Waals surface area contributed by atoms with E-state index in [-0.39, 0.29) is 5.75 Å². The average molecular weight is 222 g/mol. The van der Waals surface area contributed by atoms with E-state index in [0.29, 0.717) is 0 Å². The van der Waals surface area contributed by atoms with Crippen molar-refractivity contribution in [3.63, 3.8) is 0 Å². The zero-order chi connectivity index (χ0) is 11.5. The van der Waals surface area contributed by atoms with E-state index in [0.717, 1.165) is 11.6 Å². The third kappa shape index (κ3) is 4.18. The fourth-order valence-electron chi connectivity index (χ4n) is 0.998. The van der Waals surface area contributed by atoms with Crippen LogP contribution in [-0.4, -0.2) is 12.8 Å². The molecule has 0 aliphatic carbocycles. The maximum Gasteiger partial charge on any atom is 0.392 e. The summed E-state index contributed by atoms with van der Waals surface area (Å²) in [6.07, 6.45) is -5.36. The molecule has 0 radical (unpaired) electrons. The lowest BCUT2D eigenvalue weighted by atomic mass is 10.2. The highest BCUT2D eigenvalue weighted by Gasteiger charge is 2.27. The number of benzene rings is 1. The highest BCUT2D eigenvalue weighted by Crippen LogP contribution is 2.22. The lowest BCUT2D eigenvalue weighted by Crippen LogP contribution is -2.13. The van der Waals surface area contributed by atoms with E-state index in [2.05, 4.69) is 0 Å². The van der Waals surface area contributed by atoms with E-state index in [9.17, 15) is 17.6 Å². The first-order chi connectivity index (χ1) is 6.88. The number of alkyl halides is 3. The van der Waals surface area contributed by atoms with Gasteiger partial charge in [0.1, 0.15) is 0 Å². The van der Waals surface area contributed by atoms with Crippen LogP contribution in [0.15, 0.2) is 18.2 Å². The Labute approximate surface area is 84.7 Å². The van der Waals surface area contributed by atoms with Crippen LogP contribution in [0.25, 0.3) is 0 Å². The minimum atomic E-state index is -4.28. The monoisotopic (exact) mass is 222 g/mol. The van der Waals surface area contributed by atoms with E-state index >= 15 is 0 Å². The second-order valence-corrected chi connectivity index (χ2v) is 3.15. The van der Waals surface area contributed by atoms with Crippen molar-refractivity contribution in [2.24, 2.45) is 0 Å². The summed E-state index contributed by atoms with van der Waals surface area (Å²) in [7, 11) is 0. The Morgan fingerprint density at radius 2 is 1.93 bits per heavy atom. The van der Waals surface area contributed by atoms with Gasteiger partial charge >= 0.3 is 6.18 Å². The molecule has 5 heteroatoms. The van der Waals surface area contributed by atoms with Gasteiger partial charge in [-0.25, -0.2) is 4.39 Å². The molecule has 0 saturated heterocycles. The quantitative estimate of drug-likeness (QED) is 0.711. The largest absolute Gasteiger partial charge is 0.490 e. The van der Waals surface area contributed by atoms with Crippen LogP contribution in [0, 0.1) is 12.7 Å². The van der Waals surface area contributed by atoms with Gasteiger partial charge in [0.05, 0.1) is 13.0 Å². The topological polar surface area (TPSA) is 9.23 Å². The molecule has 0 saturated carbocycles. The molecule has 84 valence electrons. The second kappa shape index (κ2) is 4.51. The van der Waals surface area contributed by atoms with Crippen LogP contribution >= 0.6 is 0 Å². The summed E-state index contributed by atoms with van der Waals surface area (Å²) in [4.78, 5) is 0. The molecule has 0 aliphatic rings. The fraction of sp³-hybridized carbons (Fsp3) is 0.400. The lowest BCUT2D eigenvalue weighted by Gasteiger charge is -2.09. The zero-order valence-electron chi connectivity index (χ0n) is 8.07. The van der Waals surface area contributed by atoms with Crippen LogP contribution in [0.2, 0.25) is 0 Å². The van der Waals surface area contributed by atoms with Gasteiger partial charge in [0.15, 0.2) is 11.6 Å². The smallest absolute Gasteiger partial charge is 0.392 e. The summed E-state index contributed by atoms with van der Waals surface area (Å²) in [5, 5.41) is 0. The number of hydrogen-bond donors (Lipinski definition) is 0. The van der Waals surface area contributed by atoms with Gasteiger partial charge in [0, 0.05) is 0 Å². The predicted molar refractivity (Wildman–Crippen MR) is 47.3 cm³/mol. The first kappa shape index (κ1) is 11.8. The molecule has 1 nitrogen and oxygen atoms in total. The summed E-state index contributed by atoms with van der Waals surface area (Å²) < 4.78 is 53.0. The SMILES string of the molecule is Cc1ccc(F)c(OCCC(F)(F)F)c1. The fourth-order valence-corrected chi connectivity index (χ4v) is 0.998. The van der Waals surface area contributed by atoms with Crippen molar-refractivity contribution in [1.82, 2.24) is 0 Å². The molecule has 0 amide bonds. The van der Waals surface area contributed by atoms with Gasteiger partial charge in [0.2, 0.25) is 0 Å². The van der Waals surface area contributed by atoms with Crippen molar-refractivity contribution in [3.8, 4) is 5.75 Å². The van der Waals surface area contributed by atoms with Gasteiger partial charge < -0.3 is 4.74 Å². The Kier molecular flexibility index (Phi) is 3.55. The van der Waals surface area contributed by atoms with E-state index in [1.54, 1.807) is 6.92 Å². The first-order valence-electron chi connectivity index (χ1n) is 4.34. The van der Waals surface area contributed by atoms with E-state index in [1.807, 2.05) is 0 Å². The summed E-state index contributed by atoms with van der Waals surface area (Å²) in [6, 6.07) is 4.05. The Morgan fingerprint density at radius 3 is 2.53 bits per heavy atom. The van der Waals surface area contributed by atoms with Crippen LogP contribution in [0.5, 0.6) is 5.75 Å². The summed E-state index contributed by atoms with van der Waals surface area (Å²) in [6.45, 7) is 1.14. The van der Waals surface area contributed by atoms with Gasteiger partial charge in [-0.15, -0.1) is 0 Å². The van der Waals surface area contributed by atoms with Crippen molar-refractivity contribution >= 4 is 0 Å². The first-order valence-corrected chi connectivity index (χ1v) is 4.34. The van der Waals surface area contributed by atoms with Gasteiger partial charge in [-0.3, -0.25) is 0 Å². The average Bonchev–Trinajstić information content (AvgIpc) is 2.09. The second-order valence-electron chi connectivity index (χ2n) is 3.15. The molecule has 0 unspecified atom stereocenters. The van der Waals surface area contributed by atoms with Crippen molar-refractivity contribution in [2.45, 2.75) is 19.5 Å². The minimum Gasteiger partial charge on any atom is -0.490 e. The highest BCUT2D eigenvalue weighted by molar-refractivity contribution is 5.29. The zero-order valence-corrected chi connectivity index (χ0v) is 8.07. The summed E-state index contributed by atoms with van der Waals surface area (Å²) >= 11 is 0. The molecule has 1 aromatic carbocycles. The molecule has 0 N–H and O–H groups in total. The molecule has 0 aliphatic heterocycles. The minimum absolute atomic E-state index is 0.140. The van der Waals surface area contributed by atoms with Crippen LogP contribution in [0.4, 0.5) is 17.6 Å². The van der Waals surface area contributed by atoms with Crippen molar-refractivity contribution in [2.75, 3.05) is 6.61 Å². The maximum absolute atomic E-state index is 13.0. The molecular weight excluding hydrogens is 212 g/mol. The third-order valence-electron chi connectivity index (χ3n) is 1.73.